The van der Waals surface area contributed by atoms with E-state index in [4.69, 9.17) is 23.2 Å². The molecular formula is C13H10Cl2FNO. The van der Waals surface area contributed by atoms with Gasteiger partial charge in [0.05, 0.1) is 10.7 Å². The smallest absolute Gasteiger partial charge is 0.127 e. The van der Waals surface area contributed by atoms with E-state index in [1.54, 1.807) is 24.3 Å². The number of nitrogens with zero attached hydrogens (tertiary/aromatic N) is 1. The van der Waals surface area contributed by atoms with Crippen molar-refractivity contribution in [2.24, 2.45) is 0 Å². The van der Waals surface area contributed by atoms with Gasteiger partial charge in [-0.3, -0.25) is 4.98 Å². The zero-order valence-electron chi connectivity index (χ0n) is 9.28. The third-order valence-electron chi connectivity index (χ3n) is 2.52. The van der Waals surface area contributed by atoms with E-state index in [1.807, 2.05) is 0 Å². The van der Waals surface area contributed by atoms with Crippen LogP contribution < -0.4 is 0 Å². The Morgan fingerprint density at radius 2 is 1.89 bits per heavy atom. The molecule has 2 aromatic rings. The zero-order valence-corrected chi connectivity index (χ0v) is 10.8. The number of halogens is 3. The van der Waals surface area contributed by atoms with Crippen LogP contribution in [-0.4, -0.2) is 10.1 Å². The molecule has 1 N–H and O–H groups in total. The van der Waals surface area contributed by atoms with Crippen molar-refractivity contribution in [2.45, 2.75) is 12.5 Å². The van der Waals surface area contributed by atoms with Crippen LogP contribution in [0.3, 0.4) is 0 Å². The Morgan fingerprint density at radius 1 is 1.17 bits per heavy atom. The van der Waals surface area contributed by atoms with Crippen molar-refractivity contribution in [1.29, 1.82) is 0 Å². The Balaban J connectivity index is 2.15. The highest BCUT2D eigenvalue weighted by molar-refractivity contribution is 6.30. The topological polar surface area (TPSA) is 33.1 Å². The van der Waals surface area contributed by atoms with Gasteiger partial charge in [0.2, 0.25) is 0 Å². The van der Waals surface area contributed by atoms with Crippen LogP contribution >= 0.6 is 23.2 Å². The van der Waals surface area contributed by atoms with Gasteiger partial charge in [-0.05, 0) is 29.8 Å². The largest absolute Gasteiger partial charge is 0.386 e. The van der Waals surface area contributed by atoms with Crippen LogP contribution in [0.25, 0.3) is 0 Å². The van der Waals surface area contributed by atoms with Crippen molar-refractivity contribution in [3.05, 3.63) is 63.6 Å². The summed E-state index contributed by atoms with van der Waals surface area (Å²) in [7, 11) is 0. The number of hydrogen-bond acceptors (Lipinski definition) is 2. The SMILES string of the molecule is OC(Cc1ccc(Cl)cc1F)c1ccc(Cl)cn1. The number of aromatic nitrogens is 1. The lowest BCUT2D eigenvalue weighted by molar-refractivity contribution is 0.172. The van der Waals surface area contributed by atoms with Gasteiger partial charge in [-0.25, -0.2) is 4.39 Å². The van der Waals surface area contributed by atoms with Gasteiger partial charge in [0, 0.05) is 17.6 Å². The van der Waals surface area contributed by atoms with Crippen LogP contribution in [-0.2, 0) is 6.42 Å². The van der Waals surface area contributed by atoms with Crippen molar-refractivity contribution in [3.8, 4) is 0 Å². The molecule has 0 bridgehead atoms. The lowest BCUT2D eigenvalue weighted by Crippen LogP contribution is -2.05. The summed E-state index contributed by atoms with van der Waals surface area (Å²) in [5.74, 6) is -0.435. The quantitative estimate of drug-likeness (QED) is 0.930. The van der Waals surface area contributed by atoms with Gasteiger partial charge in [-0.2, -0.15) is 0 Å². The Kier molecular flexibility index (Phi) is 4.17. The second kappa shape index (κ2) is 5.65. The molecule has 0 aliphatic rings. The van der Waals surface area contributed by atoms with E-state index in [0.717, 1.165) is 0 Å². The molecule has 0 radical (unpaired) electrons. The number of benzene rings is 1. The fourth-order valence-corrected chi connectivity index (χ4v) is 1.86. The van der Waals surface area contributed by atoms with Gasteiger partial charge in [0.15, 0.2) is 0 Å². The maximum atomic E-state index is 13.6. The molecule has 2 nitrogen and oxygen atoms in total. The van der Waals surface area contributed by atoms with Crippen LogP contribution in [0, 0.1) is 5.82 Å². The minimum Gasteiger partial charge on any atom is -0.386 e. The molecule has 0 fully saturated rings. The molecule has 1 aromatic carbocycles. The molecular weight excluding hydrogens is 276 g/mol. The Hall–Kier alpha value is -1.16. The number of pyridine rings is 1. The molecule has 0 aliphatic carbocycles. The summed E-state index contributed by atoms with van der Waals surface area (Å²) in [6, 6.07) is 7.60. The van der Waals surface area contributed by atoms with Gasteiger partial charge in [0.1, 0.15) is 11.9 Å². The average molecular weight is 286 g/mol. The number of hydrogen-bond donors (Lipinski definition) is 1. The minimum atomic E-state index is -0.877. The van der Waals surface area contributed by atoms with Crippen molar-refractivity contribution in [1.82, 2.24) is 4.98 Å². The monoisotopic (exact) mass is 285 g/mol. The van der Waals surface area contributed by atoms with Crippen LogP contribution in [0.4, 0.5) is 4.39 Å². The van der Waals surface area contributed by atoms with E-state index in [2.05, 4.69) is 4.98 Å². The Labute approximate surface area is 114 Å². The first-order valence-corrected chi connectivity index (χ1v) is 6.05. The second-order valence-corrected chi connectivity index (χ2v) is 4.73. The molecule has 1 heterocycles. The lowest BCUT2D eigenvalue weighted by Gasteiger charge is -2.11. The highest BCUT2D eigenvalue weighted by atomic mass is 35.5. The molecule has 1 aromatic heterocycles. The van der Waals surface area contributed by atoms with Crippen LogP contribution in [0.1, 0.15) is 17.4 Å². The minimum absolute atomic E-state index is 0.137. The summed E-state index contributed by atoms with van der Waals surface area (Å²) in [5.41, 5.74) is 0.845. The third-order valence-corrected chi connectivity index (χ3v) is 2.98. The highest BCUT2D eigenvalue weighted by Gasteiger charge is 2.13. The molecule has 0 amide bonds. The predicted molar refractivity (Wildman–Crippen MR) is 69.3 cm³/mol. The van der Waals surface area contributed by atoms with Gasteiger partial charge >= 0.3 is 0 Å². The molecule has 0 saturated heterocycles. The van der Waals surface area contributed by atoms with Crippen LogP contribution in [0.5, 0.6) is 0 Å². The Morgan fingerprint density at radius 3 is 2.50 bits per heavy atom. The molecule has 18 heavy (non-hydrogen) atoms. The summed E-state index contributed by atoms with van der Waals surface area (Å²) in [4.78, 5) is 3.99. The maximum absolute atomic E-state index is 13.6. The molecule has 5 heteroatoms. The van der Waals surface area contributed by atoms with E-state index >= 15 is 0 Å². The first kappa shape index (κ1) is 13.3. The fraction of sp³-hybridized carbons (Fsp3) is 0.154. The molecule has 1 unspecified atom stereocenters. The summed E-state index contributed by atoms with van der Waals surface area (Å²) in [6.07, 6.45) is 0.702. The van der Waals surface area contributed by atoms with Crippen molar-refractivity contribution >= 4 is 23.2 Å². The van der Waals surface area contributed by atoms with Gasteiger partial charge in [-0.15, -0.1) is 0 Å². The number of aliphatic hydroxyl groups is 1. The van der Waals surface area contributed by atoms with Crippen LogP contribution in [0.2, 0.25) is 10.0 Å². The predicted octanol–water partition coefficient (Wildman–Crippen LogP) is 3.80. The summed E-state index contributed by atoms with van der Waals surface area (Å²) in [6.45, 7) is 0. The highest BCUT2D eigenvalue weighted by Crippen LogP contribution is 2.21. The standard InChI is InChI=1S/C13H10Cl2FNO/c14-9-2-1-8(11(16)6-9)5-13(18)12-4-3-10(15)7-17-12/h1-4,6-7,13,18H,5H2. The summed E-state index contributed by atoms with van der Waals surface area (Å²) < 4.78 is 13.6. The van der Waals surface area contributed by atoms with Crippen molar-refractivity contribution in [2.75, 3.05) is 0 Å². The van der Waals surface area contributed by atoms with E-state index in [-0.39, 0.29) is 6.42 Å². The number of aliphatic hydroxyl groups excluding tert-OH is 1. The molecule has 0 saturated carbocycles. The third kappa shape index (κ3) is 3.19. The first-order chi connectivity index (χ1) is 8.56. The van der Waals surface area contributed by atoms with E-state index < -0.39 is 11.9 Å². The van der Waals surface area contributed by atoms with E-state index in [9.17, 15) is 9.50 Å². The molecule has 2 rings (SSSR count). The molecule has 94 valence electrons. The maximum Gasteiger partial charge on any atom is 0.127 e. The average Bonchev–Trinajstić information content (AvgIpc) is 2.33. The van der Waals surface area contributed by atoms with E-state index in [1.165, 1.54) is 12.3 Å². The van der Waals surface area contributed by atoms with Gasteiger partial charge in [0.25, 0.3) is 0 Å². The van der Waals surface area contributed by atoms with E-state index in [0.29, 0.717) is 21.3 Å². The summed E-state index contributed by atoms with van der Waals surface area (Å²) >= 11 is 11.4. The normalized spacial score (nSPS) is 12.4. The Bertz CT molecular complexity index is 545. The second-order valence-electron chi connectivity index (χ2n) is 3.86. The number of rotatable bonds is 3. The molecule has 1 atom stereocenters. The molecule has 0 aliphatic heterocycles. The molecule has 0 spiro atoms. The van der Waals surface area contributed by atoms with Gasteiger partial charge < -0.3 is 5.11 Å². The van der Waals surface area contributed by atoms with Crippen molar-refractivity contribution in [3.63, 3.8) is 0 Å². The lowest BCUT2D eigenvalue weighted by atomic mass is 10.0. The first-order valence-electron chi connectivity index (χ1n) is 5.29. The fourth-order valence-electron chi connectivity index (χ4n) is 1.58. The van der Waals surface area contributed by atoms with Crippen LogP contribution in [0.15, 0.2) is 36.5 Å². The summed E-state index contributed by atoms with van der Waals surface area (Å²) in [5, 5.41) is 10.8. The van der Waals surface area contributed by atoms with Crippen molar-refractivity contribution < 1.29 is 9.50 Å². The zero-order chi connectivity index (χ0) is 13.1. The van der Waals surface area contributed by atoms with Gasteiger partial charge in [-0.1, -0.05) is 29.3 Å².